The summed E-state index contributed by atoms with van der Waals surface area (Å²) in [5.41, 5.74) is 7.02. The molecule has 0 amide bonds. The number of aryl methyl sites for hydroxylation is 14. The van der Waals surface area contributed by atoms with Gasteiger partial charge in [-0.1, -0.05) is 115 Å². The molecule has 0 aromatic carbocycles. The summed E-state index contributed by atoms with van der Waals surface area (Å²) >= 11 is 8.25. The molecule has 0 bridgehead atoms. The average molecular weight is 1240 g/mol. The number of oxazole rings is 1. The number of thiazole rings is 1. The van der Waals surface area contributed by atoms with Crippen LogP contribution in [0, 0.1) is 96.9 Å². The van der Waals surface area contributed by atoms with E-state index in [4.69, 9.17) is 8.83 Å². The summed E-state index contributed by atoms with van der Waals surface area (Å²) in [6, 6.07) is 10.0. The van der Waals surface area contributed by atoms with Crippen molar-refractivity contribution in [2.75, 3.05) is 0 Å². The SMILES string of the molecule is CC.CC.CC.CC.CC.CC.Cc1ccco1.Cc1cccs1.Cc1ccsc1.Cc1cnco1.Cc1cncs1.Cc1cnoc1.Cc1n[n-]c(C)n1.Cc1nnc(C)s1.Cc1nnsc1C.Cc1nonc1C.[Y]. The first-order valence-corrected chi connectivity index (χ1v) is 29.5. The van der Waals surface area contributed by atoms with E-state index in [9.17, 15) is 0 Å². The van der Waals surface area contributed by atoms with Crippen molar-refractivity contribution in [3.05, 3.63) is 166 Å². The predicted molar refractivity (Wildman–Crippen MR) is 326 cm³/mol. The number of thiophene rings is 2. The van der Waals surface area contributed by atoms with Gasteiger partial charge in [0.05, 0.1) is 29.9 Å². The van der Waals surface area contributed by atoms with Crippen LogP contribution in [0.1, 0.15) is 159 Å². The molecule has 0 spiro atoms. The van der Waals surface area contributed by atoms with Gasteiger partial charge in [0.25, 0.3) is 0 Å². The van der Waals surface area contributed by atoms with Crippen LogP contribution in [-0.4, -0.2) is 55.3 Å². The van der Waals surface area contributed by atoms with Crippen molar-refractivity contribution in [2.24, 2.45) is 0 Å². The minimum absolute atomic E-state index is 0. The summed E-state index contributed by atoms with van der Waals surface area (Å²) in [4.78, 5) is 15.3. The molecule has 0 aliphatic rings. The summed E-state index contributed by atoms with van der Waals surface area (Å²) in [5, 5.41) is 37.5. The van der Waals surface area contributed by atoms with E-state index >= 15 is 0 Å². The molecule has 0 saturated carbocycles. The van der Waals surface area contributed by atoms with Crippen LogP contribution < -0.4 is 5.10 Å². The number of furan rings is 1. The van der Waals surface area contributed by atoms with Crippen molar-refractivity contribution in [2.45, 2.75) is 180 Å². The Morgan fingerprint density at radius 2 is 1.14 bits per heavy atom. The molecule has 0 atom stereocenters. The van der Waals surface area contributed by atoms with Crippen molar-refractivity contribution < 1.29 is 50.7 Å². The number of hydrogen-bond donors (Lipinski definition) is 0. The van der Waals surface area contributed by atoms with Crippen molar-refractivity contribution in [3.63, 3.8) is 0 Å². The summed E-state index contributed by atoms with van der Waals surface area (Å²) in [5.74, 6) is 3.32. The predicted octanol–water partition coefficient (Wildman–Crippen LogP) is 18.3. The summed E-state index contributed by atoms with van der Waals surface area (Å²) in [6.07, 6.45) is 9.86. The monoisotopic (exact) mass is 1230 g/mol. The molecule has 431 valence electrons. The first-order chi connectivity index (χ1) is 36.5. The van der Waals surface area contributed by atoms with E-state index in [2.05, 4.69) is 118 Å². The van der Waals surface area contributed by atoms with Gasteiger partial charge >= 0.3 is 0 Å². The van der Waals surface area contributed by atoms with Crippen LogP contribution in [0.2, 0.25) is 0 Å². The Morgan fingerprint density at radius 1 is 0.545 bits per heavy atom. The number of hydrogen-bond acceptors (Lipinski definition) is 20. The summed E-state index contributed by atoms with van der Waals surface area (Å²) in [7, 11) is 0. The van der Waals surface area contributed by atoms with Gasteiger partial charge in [-0.25, -0.2) is 9.61 Å². The zero-order valence-corrected chi connectivity index (χ0v) is 58.2. The van der Waals surface area contributed by atoms with Gasteiger partial charge in [-0.05, 0) is 154 Å². The quantitative estimate of drug-likeness (QED) is 0.138. The smallest absolute Gasteiger partial charge is 0.180 e. The van der Waals surface area contributed by atoms with Crippen LogP contribution in [-0.2, 0) is 32.7 Å². The molecule has 16 nitrogen and oxygen atoms in total. The Morgan fingerprint density at radius 3 is 1.27 bits per heavy atom. The molecule has 0 aliphatic heterocycles. The molecule has 0 N–H and O–H groups in total. The van der Waals surface area contributed by atoms with Gasteiger partial charge in [-0.2, -0.15) is 11.3 Å². The number of rotatable bonds is 0. The van der Waals surface area contributed by atoms with Gasteiger partial charge < -0.3 is 23.4 Å². The third-order valence-corrected chi connectivity index (χ3v) is 10.5. The maximum Gasteiger partial charge on any atom is 0.180 e. The molecule has 22 heteroatoms. The van der Waals surface area contributed by atoms with Crippen LogP contribution in [0.25, 0.3) is 0 Å². The second-order valence-electron chi connectivity index (χ2n) is 12.8. The Labute approximate surface area is 509 Å². The van der Waals surface area contributed by atoms with Crippen molar-refractivity contribution in [1.29, 1.82) is 0 Å². The standard InChI is InChI=1S/C5H6O.2C5H6S.C4H6N3.C4H6N2O.2C4H6N2S.2C4H5NO.C4H5NS.6C2H6.Y/c1-5-3-2-4-6-5;1-5-2-3-6-4-5;1-5-3-2-4-6-5;1-3-5-4(2)7-6-3;1-3-4(2)6-7-5-3;1-3-5-6-4(2)7-3;1-3-4(2)7-6-5-3;1-4-2-5-3-6-4;1-4-2-5-6-3-4;1-4-2-5-3-6-4;6*1-2;/h3*2-4H,1H3;4*1-2H3;3*2-3H,1H3;6*1-2H3;/q;;;-1;;;;;;;;;;;;;. The van der Waals surface area contributed by atoms with E-state index in [1.54, 1.807) is 70.3 Å². The van der Waals surface area contributed by atoms with Gasteiger partial charge in [-0.15, -0.1) is 49.3 Å². The average Bonchev–Trinajstić information content (AvgIpc) is 4.25. The Kier molecular flexibility index (Phi) is 73.3. The van der Waals surface area contributed by atoms with Crippen LogP contribution in [0.4, 0.5) is 0 Å². The fourth-order valence-electron chi connectivity index (χ4n) is 3.24. The van der Waals surface area contributed by atoms with Gasteiger partial charge in [0.1, 0.15) is 39.2 Å². The summed E-state index contributed by atoms with van der Waals surface area (Å²) < 4.78 is 22.1. The van der Waals surface area contributed by atoms with Crippen LogP contribution in [0.5, 0.6) is 0 Å². The maximum atomic E-state index is 4.83. The second-order valence-corrected chi connectivity index (χ2v) is 18.1. The molecule has 1 radical (unpaired) electrons. The van der Waals surface area contributed by atoms with Crippen LogP contribution in [0.15, 0.2) is 107 Å². The van der Waals surface area contributed by atoms with Crippen molar-refractivity contribution >= 4 is 56.9 Å². The third-order valence-electron chi connectivity index (χ3n) is 6.71. The Balaban J connectivity index is -0.000000138. The number of nitrogens with zero attached hydrogens (tertiary/aromatic N) is 12. The fraction of sp³-hybridized carbons (Fsp3) is 0.473. The summed E-state index contributed by atoms with van der Waals surface area (Å²) in [6.45, 7) is 51.1. The molecule has 77 heavy (non-hydrogen) atoms. The van der Waals surface area contributed by atoms with E-state index in [0.29, 0.717) is 0 Å². The topological polar surface area (TPSA) is 208 Å². The Hall–Kier alpha value is -4.77. The first-order valence-electron chi connectivity index (χ1n) is 25.2. The number of aromatic nitrogens is 12. The van der Waals surface area contributed by atoms with E-state index < -0.39 is 0 Å². The molecule has 10 aromatic rings. The minimum Gasteiger partial charge on any atom is -0.470 e. The van der Waals surface area contributed by atoms with E-state index in [0.717, 1.165) is 55.8 Å². The van der Waals surface area contributed by atoms with Gasteiger partial charge in [-0.3, -0.25) is 10.1 Å². The molecule has 0 fully saturated rings. The first kappa shape index (κ1) is 86.1. The van der Waals surface area contributed by atoms with Gasteiger partial charge in [0.15, 0.2) is 6.39 Å². The minimum atomic E-state index is 0. The molecule has 0 saturated heterocycles. The molecule has 10 aromatic heterocycles. The molecule has 0 unspecified atom stereocenters. The fourth-order valence-corrected chi connectivity index (χ4v) is 5.90. The Bertz CT molecular complexity index is 2080. The zero-order chi connectivity index (χ0) is 59.5. The molecular formula is C55H93N12O4S5Y-. The largest absolute Gasteiger partial charge is 0.470 e. The maximum absolute atomic E-state index is 4.83. The molecule has 10 heterocycles. The van der Waals surface area contributed by atoms with E-state index in [1.807, 2.05) is 190 Å². The van der Waals surface area contributed by atoms with Crippen molar-refractivity contribution in [1.82, 2.24) is 60.4 Å². The second kappa shape index (κ2) is 65.5. The third kappa shape index (κ3) is 60.3. The van der Waals surface area contributed by atoms with Crippen molar-refractivity contribution in [3.8, 4) is 0 Å². The molecular weight excluding hydrogens is 1140 g/mol. The van der Waals surface area contributed by atoms with Gasteiger partial charge in [0.2, 0.25) is 0 Å². The molecule has 10 rings (SSSR count). The zero-order valence-electron chi connectivity index (χ0n) is 51.3. The molecule has 0 aliphatic carbocycles. The van der Waals surface area contributed by atoms with Crippen LogP contribution in [0.3, 0.4) is 0 Å². The van der Waals surface area contributed by atoms with E-state index in [1.165, 1.54) is 38.1 Å². The normalized spacial score (nSPS) is 8.03. The van der Waals surface area contributed by atoms with Crippen LogP contribution >= 0.6 is 56.9 Å². The van der Waals surface area contributed by atoms with E-state index in [-0.39, 0.29) is 32.7 Å². The van der Waals surface area contributed by atoms with Gasteiger partial charge in [0, 0.05) is 64.9 Å².